The molecular formula is C62H60N3OPt-. The first-order valence-corrected chi connectivity index (χ1v) is 23.3. The number of aromatic nitrogens is 3. The van der Waals surface area contributed by atoms with Gasteiger partial charge in [0.05, 0.1) is 22.3 Å². The molecule has 0 bridgehead atoms. The summed E-state index contributed by atoms with van der Waals surface area (Å²) in [7, 11) is 0. The van der Waals surface area contributed by atoms with Gasteiger partial charge in [0.1, 0.15) is 11.6 Å². The maximum atomic E-state index is 12.4. The number of aryl methyl sites for hydroxylation is 1. The number of imidazole rings is 1. The second-order valence-electron chi connectivity index (χ2n) is 19.7. The van der Waals surface area contributed by atoms with Gasteiger partial charge in [0.2, 0.25) is 0 Å². The van der Waals surface area contributed by atoms with Crippen LogP contribution in [0.2, 0.25) is 0 Å². The largest absolute Gasteiger partial charge is 0.507 e. The third-order valence-corrected chi connectivity index (χ3v) is 12.9. The number of pyridine rings is 1. The number of benzene rings is 7. The van der Waals surface area contributed by atoms with E-state index in [0.717, 1.165) is 89.2 Å². The number of phenols is 1. The molecule has 0 fully saturated rings. The Hall–Kier alpha value is -6.35. The summed E-state index contributed by atoms with van der Waals surface area (Å²) in [6.45, 7) is 21.3. The fourth-order valence-corrected chi connectivity index (χ4v) is 8.94. The topological polar surface area (TPSA) is 50.9 Å². The third-order valence-electron chi connectivity index (χ3n) is 12.9. The van der Waals surface area contributed by atoms with Gasteiger partial charge in [-0.15, -0.1) is 23.8 Å². The minimum atomic E-state index is -0.840. The summed E-state index contributed by atoms with van der Waals surface area (Å²) in [4.78, 5) is 10.6. The molecule has 67 heavy (non-hydrogen) atoms. The first-order chi connectivity index (χ1) is 31.9. The monoisotopic (exact) mass is 1060 g/mol. The van der Waals surface area contributed by atoms with E-state index < -0.39 is 5.89 Å². The SMILES string of the molecule is [2H]C(C)(C)c1ccc(-n2c(-c3cc(C(C)C)cc(C(C)C)c3O)nc3c(-c4[c-]c(-c5cc(-c6ccc(C)cc6)ccn5)cc(-c5ccccc5)c4)cccc32)c(-c2ccc(C(C)(C)C)cc2)c1.[Pt]. The first-order valence-electron chi connectivity index (χ1n) is 23.8. The molecule has 0 saturated heterocycles. The predicted molar refractivity (Wildman–Crippen MR) is 278 cm³/mol. The summed E-state index contributed by atoms with van der Waals surface area (Å²) in [5, 5.41) is 12.4. The van der Waals surface area contributed by atoms with Crippen LogP contribution < -0.4 is 0 Å². The zero-order valence-electron chi connectivity index (χ0n) is 41.3. The normalized spacial score (nSPS) is 12.1. The molecule has 2 aromatic heterocycles. The number of rotatable bonds is 10. The van der Waals surface area contributed by atoms with E-state index in [0.29, 0.717) is 11.4 Å². The van der Waals surface area contributed by atoms with Gasteiger partial charge in [-0.1, -0.05) is 194 Å². The van der Waals surface area contributed by atoms with Gasteiger partial charge in [0.25, 0.3) is 0 Å². The van der Waals surface area contributed by atoms with Crippen LogP contribution in [0.4, 0.5) is 0 Å². The van der Waals surface area contributed by atoms with Crippen molar-refractivity contribution in [3.05, 3.63) is 192 Å². The van der Waals surface area contributed by atoms with Crippen LogP contribution >= 0.6 is 0 Å². The third kappa shape index (κ3) is 9.47. The molecular weight excluding hydrogens is 998 g/mol. The van der Waals surface area contributed by atoms with Crippen LogP contribution in [0.5, 0.6) is 5.75 Å². The van der Waals surface area contributed by atoms with Crippen molar-refractivity contribution < 1.29 is 27.5 Å². The van der Waals surface area contributed by atoms with Gasteiger partial charge in [-0.2, -0.15) is 0 Å². The average Bonchev–Trinajstić information content (AvgIpc) is 3.70. The number of aromatic hydroxyl groups is 1. The molecule has 0 atom stereocenters. The van der Waals surface area contributed by atoms with Crippen molar-refractivity contribution in [1.29, 1.82) is 0 Å². The van der Waals surface area contributed by atoms with E-state index in [1.807, 2.05) is 26.1 Å². The molecule has 0 amide bonds. The summed E-state index contributed by atoms with van der Waals surface area (Å²) in [5.41, 5.74) is 18.5. The predicted octanol–water partition coefficient (Wildman–Crippen LogP) is 16.9. The van der Waals surface area contributed by atoms with Crippen LogP contribution in [0, 0.1) is 13.0 Å². The Morgan fingerprint density at radius 1 is 0.597 bits per heavy atom. The maximum Gasteiger partial charge on any atom is 0.148 e. The summed E-state index contributed by atoms with van der Waals surface area (Å²) in [6.07, 6.45) is 1.88. The number of hydrogen-bond donors (Lipinski definition) is 1. The molecule has 5 heteroatoms. The molecule has 2 heterocycles. The first kappa shape index (κ1) is 45.8. The molecule has 0 saturated carbocycles. The van der Waals surface area contributed by atoms with Crippen LogP contribution in [0.25, 0.3) is 83.9 Å². The van der Waals surface area contributed by atoms with E-state index in [2.05, 4.69) is 212 Å². The van der Waals surface area contributed by atoms with E-state index in [4.69, 9.17) is 11.3 Å². The Bertz CT molecular complexity index is 3260. The molecule has 9 rings (SSSR count). The van der Waals surface area contributed by atoms with Gasteiger partial charge in [-0.25, -0.2) is 4.98 Å². The Balaban J connectivity index is 0.00000625. The van der Waals surface area contributed by atoms with Crippen molar-refractivity contribution in [2.45, 2.75) is 92.4 Å². The number of fused-ring (bicyclic) bond motifs is 1. The van der Waals surface area contributed by atoms with Gasteiger partial charge in [-0.3, -0.25) is 9.55 Å². The van der Waals surface area contributed by atoms with Gasteiger partial charge in [-0.05, 0) is 105 Å². The Morgan fingerprint density at radius 3 is 1.94 bits per heavy atom. The van der Waals surface area contributed by atoms with Crippen molar-refractivity contribution in [2.75, 3.05) is 0 Å². The number of nitrogens with zero attached hydrogens (tertiary/aromatic N) is 3. The molecule has 4 nitrogen and oxygen atoms in total. The van der Waals surface area contributed by atoms with Crippen molar-refractivity contribution in [1.82, 2.24) is 14.5 Å². The van der Waals surface area contributed by atoms with Gasteiger partial charge in [0.15, 0.2) is 0 Å². The van der Waals surface area contributed by atoms with Crippen molar-refractivity contribution in [3.63, 3.8) is 0 Å². The maximum absolute atomic E-state index is 12.4. The van der Waals surface area contributed by atoms with E-state index >= 15 is 0 Å². The summed E-state index contributed by atoms with van der Waals surface area (Å²) >= 11 is 0. The fourth-order valence-electron chi connectivity index (χ4n) is 8.94. The zero-order valence-corrected chi connectivity index (χ0v) is 42.5. The van der Waals surface area contributed by atoms with E-state index in [1.165, 1.54) is 11.1 Å². The Morgan fingerprint density at radius 2 is 1.27 bits per heavy atom. The zero-order chi connectivity index (χ0) is 47.4. The van der Waals surface area contributed by atoms with E-state index in [1.54, 1.807) is 0 Å². The van der Waals surface area contributed by atoms with Crippen LogP contribution in [0.15, 0.2) is 158 Å². The van der Waals surface area contributed by atoms with E-state index in [-0.39, 0.29) is 44.1 Å². The van der Waals surface area contributed by atoms with Gasteiger partial charge < -0.3 is 5.11 Å². The minimum Gasteiger partial charge on any atom is -0.507 e. The minimum absolute atomic E-state index is 0. The molecule has 9 aromatic rings. The summed E-state index contributed by atoms with van der Waals surface area (Å²) in [6, 6.07) is 57.3. The van der Waals surface area contributed by atoms with Crippen LogP contribution in [0.1, 0.15) is 109 Å². The molecule has 340 valence electrons. The summed E-state index contributed by atoms with van der Waals surface area (Å²) < 4.78 is 11.4. The fraction of sp³-hybridized carbons (Fsp3) is 0.226. The summed E-state index contributed by atoms with van der Waals surface area (Å²) in [5.74, 6) is 0.326. The van der Waals surface area contributed by atoms with Crippen molar-refractivity contribution in [3.8, 4) is 78.6 Å². The molecule has 0 aliphatic rings. The molecule has 0 aliphatic carbocycles. The quantitative estimate of drug-likeness (QED) is 0.139. The van der Waals surface area contributed by atoms with Crippen LogP contribution in [-0.4, -0.2) is 19.6 Å². The smallest absolute Gasteiger partial charge is 0.148 e. The molecule has 1 N–H and O–H groups in total. The van der Waals surface area contributed by atoms with Crippen molar-refractivity contribution >= 4 is 11.0 Å². The Kier molecular flexibility index (Phi) is 13.1. The average molecular weight is 1060 g/mol. The number of hydrogen-bond acceptors (Lipinski definition) is 3. The Labute approximate surface area is 413 Å². The standard InChI is InChI=1S/C62H60N3O.Pt/c1-38(2)45-25-28-57(54(34-45)44-23-26-51(27-24-44)62(8,9)10)65-58-18-14-17-52(59(58)64-61(65)55-36-47(39(3)4)35-53(40(5)6)60(55)66)49-31-48(42-15-12-11-13-16-42)32-50(33-49)56-37-46(29-30-63-56)43-21-19-41(7)20-22-43;/h11-32,34-40,66H,1-10H3;/q-1;/i38D;. The number of phenolic OH excluding ortho intramolecular Hbond substituents is 1. The molecule has 0 aliphatic heterocycles. The molecule has 0 spiro atoms. The second-order valence-corrected chi connectivity index (χ2v) is 19.7. The molecule has 7 aromatic carbocycles. The van der Waals surface area contributed by atoms with Crippen LogP contribution in [-0.2, 0) is 26.5 Å². The van der Waals surface area contributed by atoms with Crippen molar-refractivity contribution in [2.24, 2.45) is 0 Å². The van der Waals surface area contributed by atoms with E-state index in [9.17, 15) is 5.11 Å². The van der Waals surface area contributed by atoms with Gasteiger partial charge >= 0.3 is 0 Å². The molecule has 0 radical (unpaired) electrons. The second kappa shape index (κ2) is 19.1. The number of para-hydroxylation sites is 1. The van der Waals surface area contributed by atoms with Gasteiger partial charge in [0, 0.05) is 39.9 Å². The van der Waals surface area contributed by atoms with Crippen LogP contribution in [0.3, 0.4) is 0 Å². The molecule has 0 unspecified atom stereocenters.